The van der Waals surface area contributed by atoms with Crippen LogP contribution < -0.4 is 0 Å². The van der Waals surface area contributed by atoms with Crippen molar-refractivity contribution in [1.29, 1.82) is 0 Å². The number of methoxy groups -OCH3 is 1. The second-order valence-electron chi connectivity index (χ2n) is 4.31. The van der Waals surface area contributed by atoms with Crippen molar-refractivity contribution in [2.24, 2.45) is 0 Å². The molecular formula is C16H16O3S. The van der Waals surface area contributed by atoms with Crippen molar-refractivity contribution in [1.82, 2.24) is 0 Å². The minimum absolute atomic E-state index is 0.221. The largest absolute Gasteiger partial charge is 0.508 e. The summed E-state index contributed by atoms with van der Waals surface area (Å²) in [7, 11) is 1.40. The van der Waals surface area contributed by atoms with Crippen LogP contribution in [0.5, 0.6) is 5.75 Å². The summed E-state index contributed by atoms with van der Waals surface area (Å²) in [5.41, 5.74) is 0.988. The van der Waals surface area contributed by atoms with Gasteiger partial charge in [-0.25, -0.2) is 0 Å². The monoisotopic (exact) mass is 288 g/mol. The van der Waals surface area contributed by atoms with E-state index in [0.717, 1.165) is 10.5 Å². The van der Waals surface area contributed by atoms with E-state index in [1.807, 2.05) is 42.5 Å². The van der Waals surface area contributed by atoms with Crippen LogP contribution in [0.2, 0.25) is 0 Å². The Balaban J connectivity index is 2.11. The molecule has 1 N–H and O–H groups in total. The number of carbonyl (C=O) groups excluding carboxylic acids is 1. The number of hydrogen-bond acceptors (Lipinski definition) is 4. The van der Waals surface area contributed by atoms with E-state index in [1.165, 1.54) is 18.9 Å². The molecule has 3 nitrogen and oxygen atoms in total. The highest BCUT2D eigenvalue weighted by atomic mass is 32.2. The molecule has 104 valence electrons. The molecule has 2 rings (SSSR count). The first-order chi connectivity index (χ1) is 9.69. The molecule has 20 heavy (non-hydrogen) atoms. The molecule has 0 bridgehead atoms. The predicted octanol–water partition coefficient (Wildman–Crippen LogP) is 3.27. The fraction of sp³-hybridized carbons (Fsp3) is 0.188. The van der Waals surface area contributed by atoms with Gasteiger partial charge in [-0.1, -0.05) is 30.3 Å². The van der Waals surface area contributed by atoms with Crippen LogP contribution in [0.25, 0.3) is 0 Å². The first-order valence-electron chi connectivity index (χ1n) is 6.26. The molecule has 0 spiro atoms. The maximum Gasteiger partial charge on any atom is 0.319 e. The number of aromatic hydroxyl groups is 1. The average Bonchev–Trinajstić information content (AvgIpc) is 2.49. The van der Waals surface area contributed by atoms with Gasteiger partial charge in [-0.2, -0.15) is 0 Å². The van der Waals surface area contributed by atoms with E-state index in [9.17, 15) is 9.90 Å². The summed E-state index contributed by atoms with van der Waals surface area (Å²) in [6.45, 7) is 0. The zero-order valence-electron chi connectivity index (χ0n) is 11.2. The van der Waals surface area contributed by atoms with E-state index in [2.05, 4.69) is 0 Å². The zero-order valence-corrected chi connectivity index (χ0v) is 12.0. The number of thioether (sulfide) groups is 1. The summed E-state index contributed by atoms with van der Waals surface area (Å²) in [5.74, 6) is -0.0222. The molecule has 0 aliphatic heterocycles. The van der Waals surface area contributed by atoms with E-state index in [-0.39, 0.29) is 17.0 Å². The van der Waals surface area contributed by atoms with Gasteiger partial charge in [-0.15, -0.1) is 11.8 Å². The summed E-state index contributed by atoms with van der Waals surface area (Å²) in [5, 5.41) is 8.99. The Morgan fingerprint density at radius 3 is 2.40 bits per heavy atom. The van der Waals surface area contributed by atoms with Crippen molar-refractivity contribution >= 4 is 17.7 Å². The molecule has 1 atom stereocenters. The van der Waals surface area contributed by atoms with Crippen molar-refractivity contribution in [3.05, 3.63) is 60.2 Å². The Morgan fingerprint density at radius 2 is 1.80 bits per heavy atom. The number of phenols is 1. The van der Waals surface area contributed by atoms with Crippen LogP contribution in [-0.4, -0.2) is 23.4 Å². The zero-order chi connectivity index (χ0) is 14.4. The first kappa shape index (κ1) is 14.5. The summed E-state index contributed by atoms with van der Waals surface area (Å²) in [6, 6.07) is 16.6. The van der Waals surface area contributed by atoms with Crippen molar-refractivity contribution in [3.63, 3.8) is 0 Å². The normalized spacial score (nSPS) is 11.8. The Morgan fingerprint density at radius 1 is 1.15 bits per heavy atom. The second kappa shape index (κ2) is 7.01. The van der Waals surface area contributed by atoms with Gasteiger partial charge in [0.25, 0.3) is 0 Å². The predicted molar refractivity (Wildman–Crippen MR) is 79.9 cm³/mol. The van der Waals surface area contributed by atoms with Crippen LogP contribution in [0.1, 0.15) is 5.56 Å². The minimum Gasteiger partial charge on any atom is -0.508 e. The van der Waals surface area contributed by atoms with E-state index in [0.29, 0.717) is 6.42 Å². The lowest BCUT2D eigenvalue weighted by Crippen LogP contribution is -2.21. The lowest BCUT2D eigenvalue weighted by atomic mass is 10.1. The van der Waals surface area contributed by atoms with Crippen LogP contribution in [0.4, 0.5) is 0 Å². The molecule has 2 aromatic carbocycles. The molecule has 0 aliphatic rings. The van der Waals surface area contributed by atoms with Crippen LogP contribution >= 0.6 is 11.8 Å². The van der Waals surface area contributed by atoms with Gasteiger partial charge >= 0.3 is 5.97 Å². The highest BCUT2D eigenvalue weighted by Crippen LogP contribution is 2.27. The molecule has 4 heteroatoms. The number of hydrogen-bond donors (Lipinski definition) is 1. The van der Waals surface area contributed by atoms with Gasteiger partial charge < -0.3 is 9.84 Å². The van der Waals surface area contributed by atoms with E-state index >= 15 is 0 Å². The molecule has 0 radical (unpaired) electrons. The number of ether oxygens (including phenoxy) is 1. The highest BCUT2D eigenvalue weighted by molar-refractivity contribution is 8.00. The second-order valence-corrected chi connectivity index (χ2v) is 5.59. The molecule has 2 aromatic rings. The summed E-state index contributed by atoms with van der Waals surface area (Å²) in [4.78, 5) is 12.9. The number of esters is 1. The van der Waals surface area contributed by atoms with E-state index in [4.69, 9.17) is 4.74 Å². The van der Waals surface area contributed by atoms with E-state index in [1.54, 1.807) is 12.1 Å². The van der Waals surface area contributed by atoms with Gasteiger partial charge in [0.15, 0.2) is 0 Å². The number of rotatable bonds is 5. The number of carbonyl (C=O) groups is 1. The van der Waals surface area contributed by atoms with Crippen LogP contribution in [0.3, 0.4) is 0 Å². The molecule has 0 amide bonds. The van der Waals surface area contributed by atoms with Gasteiger partial charge in [0.05, 0.1) is 7.11 Å². The molecular weight excluding hydrogens is 272 g/mol. The SMILES string of the molecule is COC(=O)C(Cc1ccc(O)cc1)Sc1ccccc1. The molecule has 0 fully saturated rings. The van der Waals surface area contributed by atoms with Gasteiger partial charge in [0.1, 0.15) is 11.0 Å². The third-order valence-corrected chi connectivity index (χ3v) is 4.03. The Bertz CT molecular complexity index is 552. The van der Waals surface area contributed by atoms with Crippen LogP contribution in [-0.2, 0) is 16.0 Å². The van der Waals surface area contributed by atoms with E-state index < -0.39 is 0 Å². The number of phenolic OH excluding ortho intramolecular Hbond substituents is 1. The Labute approximate surface area is 122 Å². The minimum atomic E-state index is -0.299. The lowest BCUT2D eigenvalue weighted by molar-refractivity contribution is -0.139. The summed E-state index contributed by atoms with van der Waals surface area (Å²) >= 11 is 1.48. The first-order valence-corrected chi connectivity index (χ1v) is 7.14. The summed E-state index contributed by atoms with van der Waals surface area (Å²) in [6.07, 6.45) is 0.562. The topological polar surface area (TPSA) is 46.5 Å². The number of benzene rings is 2. The van der Waals surface area contributed by atoms with Crippen molar-refractivity contribution < 1.29 is 14.6 Å². The van der Waals surface area contributed by atoms with Gasteiger partial charge in [-0.05, 0) is 36.2 Å². The van der Waals surface area contributed by atoms with Crippen molar-refractivity contribution in [2.75, 3.05) is 7.11 Å². The maximum atomic E-state index is 11.9. The Hall–Kier alpha value is -1.94. The van der Waals surface area contributed by atoms with Crippen LogP contribution in [0, 0.1) is 0 Å². The molecule has 0 saturated heterocycles. The lowest BCUT2D eigenvalue weighted by Gasteiger charge is -2.14. The van der Waals surface area contributed by atoms with Crippen molar-refractivity contribution in [3.8, 4) is 5.75 Å². The fourth-order valence-corrected chi connectivity index (χ4v) is 2.93. The quantitative estimate of drug-likeness (QED) is 0.677. The molecule has 0 saturated carbocycles. The third kappa shape index (κ3) is 4.03. The highest BCUT2D eigenvalue weighted by Gasteiger charge is 2.21. The van der Waals surface area contributed by atoms with Gasteiger partial charge in [-0.3, -0.25) is 4.79 Å². The van der Waals surface area contributed by atoms with Crippen molar-refractivity contribution in [2.45, 2.75) is 16.6 Å². The maximum absolute atomic E-state index is 11.9. The third-order valence-electron chi connectivity index (χ3n) is 2.84. The molecule has 1 unspecified atom stereocenters. The average molecular weight is 288 g/mol. The fourth-order valence-electron chi connectivity index (χ4n) is 1.81. The smallest absolute Gasteiger partial charge is 0.319 e. The van der Waals surface area contributed by atoms with Gasteiger partial charge in [0.2, 0.25) is 0 Å². The summed E-state index contributed by atoms with van der Waals surface area (Å²) < 4.78 is 4.87. The van der Waals surface area contributed by atoms with Crippen LogP contribution in [0.15, 0.2) is 59.5 Å². The molecule has 0 aliphatic carbocycles. The standard InChI is InChI=1S/C16H16O3S/c1-19-16(18)15(20-14-5-3-2-4-6-14)11-12-7-9-13(17)10-8-12/h2-10,15,17H,11H2,1H3. The van der Waals surface area contributed by atoms with Gasteiger partial charge in [0, 0.05) is 4.90 Å². The Kier molecular flexibility index (Phi) is 5.07. The molecule has 0 heterocycles. The molecule has 0 aromatic heterocycles.